The summed E-state index contributed by atoms with van der Waals surface area (Å²) in [6.45, 7) is 3.77. The minimum Gasteiger partial charge on any atom is -0.304 e. The molecule has 0 unspecified atom stereocenters. The van der Waals surface area contributed by atoms with E-state index in [-0.39, 0.29) is 18.1 Å². The molecule has 0 saturated carbocycles. The Labute approximate surface area is 113 Å². The second-order valence-corrected chi connectivity index (χ2v) is 5.10. The van der Waals surface area contributed by atoms with Gasteiger partial charge in [-0.15, -0.1) is 0 Å². The Morgan fingerprint density at radius 1 is 1.58 bits per heavy atom. The van der Waals surface area contributed by atoms with Crippen LogP contribution in [-0.4, -0.2) is 38.1 Å². The van der Waals surface area contributed by atoms with Crippen LogP contribution in [0, 0.1) is 24.0 Å². The van der Waals surface area contributed by atoms with Crippen LogP contribution in [0.3, 0.4) is 0 Å². The molecule has 19 heavy (non-hydrogen) atoms. The van der Waals surface area contributed by atoms with Crippen molar-refractivity contribution in [3.8, 4) is 0 Å². The quantitative estimate of drug-likeness (QED) is 0.647. The lowest BCUT2D eigenvalue weighted by atomic mass is 10.3. The molecule has 0 atom stereocenters. The summed E-state index contributed by atoms with van der Waals surface area (Å²) >= 11 is 1.48. The lowest BCUT2D eigenvalue weighted by Gasteiger charge is -2.05. The number of nitrogens with zero attached hydrogens (tertiary/aromatic N) is 4. The third kappa shape index (κ3) is 2.92. The standard InChI is InChI=1S/C10H13N5O3S/c1-6-9(15(17)18)7(2)14(13-6)5-8(16)12-10-11-3-4-19-10/h3-5H2,1-2H3,(H,11,12,16). The van der Waals surface area contributed by atoms with E-state index in [0.717, 1.165) is 5.75 Å². The van der Waals surface area contributed by atoms with Gasteiger partial charge in [0.1, 0.15) is 17.9 Å². The fraction of sp³-hybridized carbons (Fsp3) is 0.500. The molecule has 0 spiro atoms. The van der Waals surface area contributed by atoms with E-state index in [1.54, 1.807) is 13.8 Å². The first-order valence-electron chi connectivity index (χ1n) is 5.64. The van der Waals surface area contributed by atoms with Crippen molar-refractivity contribution < 1.29 is 9.72 Å². The van der Waals surface area contributed by atoms with Crippen LogP contribution in [0.25, 0.3) is 0 Å². The Hall–Kier alpha value is -1.90. The van der Waals surface area contributed by atoms with Crippen molar-refractivity contribution in [3.63, 3.8) is 0 Å². The molecule has 1 aromatic heterocycles. The lowest BCUT2D eigenvalue weighted by Crippen LogP contribution is -2.31. The number of aromatic nitrogens is 2. The average Bonchev–Trinajstić information content (AvgIpc) is 2.88. The van der Waals surface area contributed by atoms with Crippen molar-refractivity contribution in [2.24, 2.45) is 4.99 Å². The average molecular weight is 283 g/mol. The number of thioether (sulfide) groups is 1. The molecule has 0 radical (unpaired) electrons. The molecule has 1 N–H and O–H groups in total. The Morgan fingerprint density at radius 3 is 2.84 bits per heavy atom. The van der Waals surface area contributed by atoms with Gasteiger partial charge in [-0.05, 0) is 13.8 Å². The van der Waals surface area contributed by atoms with Gasteiger partial charge in [-0.25, -0.2) is 0 Å². The van der Waals surface area contributed by atoms with Gasteiger partial charge in [0.15, 0.2) is 5.17 Å². The van der Waals surface area contributed by atoms with Crippen LogP contribution in [0.1, 0.15) is 11.4 Å². The number of carbonyl (C=O) groups excluding carboxylic acids is 1. The molecule has 0 aromatic carbocycles. The highest BCUT2D eigenvalue weighted by Gasteiger charge is 2.23. The van der Waals surface area contributed by atoms with Gasteiger partial charge in [0.05, 0.1) is 11.5 Å². The number of nitrogens with one attached hydrogen (secondary N) is 1. The number of rotatable bonds is 3. The highest BCUT2D eigenvalue weighted by Crippen LogP contribution is 2.21. The summed E-state index contributed by atoms with van der Waals surface area (Å²) in [5.74, 6) is 0.578. The zero-order chi connectivity index (χ0) is 14.0. The van der Waals surface area contributed by atoms with E-state index in [1.165, 1.54) is 16.4 Å². The minimum atomic E-state index is -0.483. The van der Waals surface area contributed by atoms with Crippen LogP contribution in [0.4, 0.5) is 5.69 Å². The van der Waals surface area contributed by atoms with Gasteiger partial charge in [0, 0.05) is 5.75 Å². The molecular formula is C10H13N5O3S. The zero-order valence-electron chi connectivity index (χ0n) is 10.5. The van der Waals surface area contributed by atoms with Crippen molar-refractivity contribution in [1.82, 2.24) is 15.1 Å². The normalized spacial score (nSPS) is 14.3. The fourth-order valence-electron chi connectivity index (χ4n) is 1.81. The molecule has 2 heterocycles. The number of amidine groups is 1. The summed E-state index contributed by atoms with van der Waals surface area (Å²) in [5, 5.41) is 18.1. The minimum absolute atomic E-state index is 0.0413. The van der Waals surface area contributed by atoms with Crippen molar-refractivity contribution in [2.75, 3.05) is 12.3 Å². The number of aryl methyl sites for hydroxylation is 1. The number of nitro groups is 1. The van der Waals surface area contributed by atoms with Gasteiger partial charge < -0.3 is 5.32 Å². The van der Waals surface area contributed by atoms with Crippen LogP contribution in [0.2, 0.25) is 0 Å². The summed E-state index contributed by atoms with van der Waals surface area (Å²) in [4.78, 5) is 26.2. The molecule has 0 bridgehead atoms. The lowest BCUT2D eigenvalue weighted by molar-refractivity contribution is -0.386. The molecule has 1 amide bonds. The monoisotopic (exact) mass is 283 g/mol. The van der Waals surface area contributed by atoms with Crippen molar-refractivity contribution in [1.29, 1.82) is 0 Å². The van der Waals surface area contributed by atoms with Crippen molar-refractivity contribution in [3.05, 3.63) is 21.5 Å². The summed E-state index contributed by atoms with van der Waals surface area (Å²) in [6.07, 6.45) is 0. The maximum Gasteiger partial charge on any atom is 0.312 e. The van der Waals surface area contributed by atoms with Gasteiger partial charge in [-0.1, -0.05) is 11.8 Å². The number of hydrogen-bond acceptors (Lipinski definition) is 6. The van der Waals surface area contributed by atoms with E-state index < -0.39 is 4.92 Å². The Morgan fingerprint density at radius 2 is 2.32 bits per heavy atom. The number of hydrogen-bond donors (Lipinski definition) is 1. The van der Waals surface area contributed by atoms with Crippen LogP contribution in [-0.2, 0) is 11.3 Å². The third-order valence-electron chi connectivity index (χ3n) is 2.65. The first-order valence-corrected chi connectivity index (χ1v) is 6.63. The zero-order valence-corrected chi connectivity index (χ0v) is 11.4. The van der Waals surface area contributed by atoms with Crippen LogP contribution in [0.5, 0.6) is 0 Å². The van der Waals surface area contributed by atoms with E-state index in [9.17, 15) is 14.9 Å². The number of aliphatic imine (C=N–C) groups is 1. The first kappa shape index (κ1) is 13.5. The van der Waals surface area contributed by atoms with Gasteiger partial charge in [-0.3, -0.25) is 24.6 Å². The highest BCUT2D eigenvalue weighted by molar-refractivity contribution is 8.14. The highest BCUT2D eigenvalue weighted by atomic mass is 32.2. The van der Waals surface area contributed by atoms with Crippen LogP contribution in [0.15, 0.2) is 4.99 Å². The maximum atomic E-state index is 11.8. The molecular weight excluding hydrogens is 270 g/mol. The molecule has 0 aliphatic carbocycles. The SMILES string of the molecule is Cc1nn(CC(=O)NC2=NCCS2)c(C)c1[N+](=O)[O-]. The van der Waals surface area contributed by atoms with Gasteiger partial charge in [-0.2, -0.15) is 5.10 Å². The molecule has 1 aliphatic rings. The molecule has 9 heteroatoms. The molecule has 1 aromatic rings. The number of amides is 1. The molecule has 102 valence electrons. The molecule has 0 saturated heterocycles. The second-order valence-electron chi connectivity index (χ2n) is 4.02. The summed E-state index contributed by atoms with van der Waals surface area (Å²) in [6, 6.07) is 0. The molecule has 1 aliphatic heterocycles. The largest absolute Gasteiger partial charge is 0.312 e. The Bertz CT molecular complexity index is 566. The molecule has 2 rings (SSSR count). The van der Waals surface area contributed by atoms with Gasteiger partial charge in [0.2, 0.25) is 5.91 Å². The summed E-state index contributed by atoms with van der Waals surface area (Å²) in [7, 11) is 0. The van der Waals surface area contributed by atoms with E-state index >= 15 is 0 Å². The first-order chi connectivity index (χ1) is 8.99. The summed E-state index contributed by atoms with van der Waals surface area (Å²) < 4.78 is 1.34. The number of carbonyl (C=O) groups is 1. The third-order valence-corrected chi connectivity index (χ3v) is 3.54. The fourth-order valence-corrected chi connectivity index (χ4v) is 2.56. The van der Waals surface area contributed by atoms with E-state index in [0.29, 0.717) is 23.1 Å². The van der Waals surface area contributed by atoms with Gasteiger partial charge >= 0.3 is 5.69 Å². The topological polar surface area (TPSA) is 102 Å². The van der Waals surface area contributed by atoms with Gasteiger partial charge in [0.25, 0.3) is 0 Å². The molecule has 0 fully saturated rings. The predicted octanol–water partition coefficient (Wildman–Crippen LogP) is 0.627. The van der Waals surface area contributed by atoms with Crippen molar-refractivity contribution in [2.45, 2.75) is 20.4 Å². The van der Waals surface area contributed by atoms with Crippen LogP contribution < -0.4 is 5.32 Å². The van der Waals surface area contributed by atoms with E-state index in [4.69, 9.17) is 0 Å². The smallest absolute Gasteiger partial charge is 0.304 e. The second kappa shape index (κ2) is 5.39. The van der Waals surface area contributed by atoms with Crippen molar-refractivity contribution >= 4 is 28.5 Å². The Kier molecular flexibility index (Phi) is 3.84. The molecule has 8 nitrogen and oxygen atoms in total. The maximum absolute atomic E-state index is 11.8. The van der Waals surface area contributed by atoms with Crippen LogP contribution >= 0.6 is 11.8 Å². The summed E-state index contributed by atoms with van der Waals surface area (Å²) in [5.41, 5.74) is 0.641. The Balaban J connectivity index is 2.08. The van der Waals surface area contributed by atoms with E-state index in [2.05, 4.69) is 15.4 Å². The van der Waals surface area contributed by atoms with E-state index in [1.807, 2.05) is 0 Å². The predicted molar refractivity (Wildman–Crippen MR) is 71.3 cm³/mol.